The highest BCUT2D eigenvalue weighted by atomic mass is 16.3. The van der Waals surface area contributed by atoms with E-state index in [0.29, 0.717) is 12.5 Å². The second kappa shape index (κ2) is 5.85. The number of hydrogen-bond acceptors (Lipinski definition) is 3. The molecule has 0 saturated heterocycles. The van der Waals surface area contributed by atoms with Gasteiger partial charge in [0.05, 0.1) is 11.8 Å². The van der Waals surface area contributed by atoms with Crippen molar-refractivity contribution < 1.29 is 5.11 Å². The predicted molar refractivity (Wildman–Crippen MR) is 74.7 cm³/mol. The molecular formula is C14H27N3O. The number of aliphatic hydroxyl groups excluding tert-OH is 1. The lowest BCUT2D eigenvalue weighted by Crippen LogP contribution is -2.51. The van der Waals surface area contributed by atoms with Gasteiger partial charge < -0.3 is 10.0 Å². The molecule has 1 N–H and O–H groups in total. The van der Waals surface area contributed by atoms with Gasteiger partial charge in [-0.2, -0.15) is 5.10 Å². The van der Waals surface area contributed by atoms with Crippen LogP contribution in [0.5, 0.6) is 0 Å². The summed E-state index contributed by atoms with van der Waals surface area (Å²) in [6.07, 6.45) is 3.08. The van der Waals surface area contributed by atoms with Gasteiger partial charge in [0.2, 0.25) is 0 Å². The minimum absolute atomic E-state index is 0.207. The van der Waals surface area contributed by atoms with E-state index in [2.05, 4.69) is 37.7 Å². The van der Waals surface area contributed by atoms with E-state index in [4.69, 9.17) is 0 Å². The number of likely N-dealkylation sites (N-methyl/N-ethyl adjacent to an activating group) is 1. The molecule has 0 aliphatic heterocycles. The molecule has 1 aromatic rings. The molecule has 0 saturated carbocycles. The number of aliphatic hydroxyl groups is 1. The first kappa shape index (κ1) is 15.2. The Kier molecular flexibility index (Phi) is 4.93. The maximum Gasteiger partial charge on any atom is 0.0776 e. The summed E-state index contributed by atoms with van der Waals surface area (Å²) in [5, 5.41) is 14.9. The van der Waals surface area contributed by atoms with E-state index in [1.165, 1.54) is 0 Å². The molecule has 0 fully saturated rings. The molecule has 0 amide bonds. The average Bonchev–Trinajstić information content (AvgIpc) is 2.76. The van der Waals surface area contributed by atoms with Crippen molar-refractivity contribution in [2.75, 3.05) is 14.1 Å². The first-order valence-electron chi connectivity index (χ1n) is 6.70. The van der Waals surface area contributed by atoms with Gasteiger partial charge in [-0.05, 0) is 47.4 Å². The number of rotatable bonds is 6. The summed E-state index contributed by atoms with van der Waals surface area (Å²) < 4.78 is 1.93. The third-order valence-corrected chi connectivity index (χ3v) is 4.05. The minimum Gasteiger partial charge on any atom is -0.391 e. The SMILES string of the molecule is CCC(C)(C(O)Cc1ccn(C(C)C)n1)N(C)C. The molecule has 18 heavy (non-hydrogen) atoms. The fraction of sp³-hybridized carbons (Fsp3) is 0.786. The first-order chi connectivity index (χ1) is 8.31. The topological polar surface area (TPSA) is 41.3 Å². The molecule has 0 aliphatic rings. The molecule has 1 rings (SSSR count). The molecule has 0 aliphatic carbocycles. The Labute approximate surface area is 111 Å². The highest BCUT2D eigenvalue weighted by Gasteiger charge is 2.33. The molecule has 4 heteroatoms. The van der Waals surface area contributed by atoms with E-state index in [-0.39, 0.29) is 5.54 Å². The first-order valence-corrected chi connectivity index (χ1v) is 6.70. The third kappa shape index (κ3) is 3.12. The maximum atomic E-state index is 10.4. The van der Waals surface area contributed by atoms with Gasteiger partial charge in [-0.3, -0.25) is 4.68 Å². The second-order valence-corrected chi connectivity index (χ2v) is 5.71. The van der Waals surface area contributed by atoms with Gasteiger partial charge in [0.15, 0.2) is 0 Å². The molecule has 0 spiro atoms. The zero-order valence-corrected chi connectivity index (χ0v) is 12.5. The van der Waals surface area contributed by atoms with Gasteiger partial charge in [0, 0.05) is 24.2 Å². The van der Waals surface area contributed by atoms with Crippen LogP contribution in [0, 0.1) is 0 Å². The zero-order chi connectivity index (χ0) is 13.9. The van der Waals surface area contributed by atoms with Crippen LogP contribution in [0.4, 0.5) is 0 Å². The molecule has 1 aromatic heterocycles. The molecule has 2 unspecified atom stereocenters. The summed E-state index contributed by atoms with van der Waals surface area (Å²) >= 11 is 0. The quantitative estimate of drug-likeness (QED) is 0.844. The lowest BCUT2D eigenvalue weighted by molar-refractivity contribution is 0.00238. The van der Waals surface area contributed by atoms with Gasteiger partial charge in [-0.15, -0.1) is 0 Å². The fourth-order valence-electron chi connectivity index (χ4n) is 2.04. The molecule has 104 valence electrons. The van der Waals surface area contributed by atoms with Crippen LogP contribution in [0.25, 0.3) is 0 Å². The van der Waals surface area contributed by atoms with Gasteiger partial charge >= 0.3 is 0 Å². The largest absolute Gasteiger partial charge is 0.391 e. The molecule has 4 nitrogen and oxygen atoms in total. The predicted octanol–water partition coefficient (Wildman–Crippen LogP) is 2.10. The molecule has 0 bridgehead atoms. The molecular weight excluding hydrogens is 226 g/mol. The van der Waals surface area contributed by atoms with Crippen molar-refractivity contribution in [3.63, 3.8) is 0 Å². The zero-order valence-electron chi connectivity index (χ0n) is 12.5. The number of nitrogens with zero attached hydrogens (tertiary/aromatic N) is 3. The lowest BCUT2D eigenvalue weighted by Gasteiger charge is -2.39. The second-order valence-electron chi connectivity index (χ2n) is 5.71. The maximum absolute atomic E-state index is 10.4. The van der Waals surface area contributed by atoms with Crippen LogP contribution in [0.15, 0.2) is 12.3 Å². The Morgan fingerprint density at radius 1 is 1.44 bits per heavy atom. The van der Waals surface area contributed by atoms with E-state index in [1.54, 1.807) is 0 Å². The van der Waals surface area contributed by atoms with Crippen LogP contribution in [0.2, 0.25) is 0 Å². The van der Waals surface area contributed by atoms with Crippen molar-refractivity contribution in [3.8, 4) is 0 Å². The van der Waals surface area contributed by atoms with Crippen LogP contribution in [-0.4, -0.2) is 45.5 Å². The van der Waals surface area contributed by atoms with E-state index < -0.39 is 6.10 Å². The summed E-state index contributed by atoms with van der Waals surface area (Å²) in [6, 6.07) is 2.36. The van der Waals surface area contributed by atoms with Crippen LogP contribution >= 0.6 is 0 Å². The fourth-order valence-corrected chi connectivity index (χ4v) is 2.04. The van der Waals surface area contributed by atoms with Crippen molar-refractivity contribution in [3.05, 3.63) is 18.0 Å². The summed E-state index contributed by atoms with van der Waals surface area (Å²) in [5.41, 5.74) is 0.749. The van der Waals surface area contributed by atoms with Crippen molar-refractivity contribution in [2.45, 2.75) is 58.2 Å². The molecule has 0 aromatic carbocycles. The Bertz CT molecular complexity index is 373. The molecule has 1 heterocycles. The van der Waals surface area contributed by atoms with Crippen molar-refractivity contribution >= 4 is 0 Å². The summed E-state index contributed by atoms with van der Waals surface area (Å²) in [7, 11) is 4.03. The van der Waals surface area contributed by atoms with Crippen molar-refractivity contribution in [1.82, 2.24) is 14.7 Å². The van der Waals surface area contributed by atoms with E-state index in [1.807, 2.05) is 31.0 Å². The van der Waals surface area contributed by atoms with Gasteiger partial charge in [-0.1, -0.05) is 6.92 Å². The number of hydrogen-bond donors (Lipinski definition) is 1. The standard InChI is InChI=1S/C14H27N3O/c1-7-14(4,16(5)6)13(18)10-12-8-9-17(15-12)11(2)3/h8-9,11,13,18H,7,10H2,1-6H3. The third-order valence-electron chi connectivity index (χ3n) is 4.05. The van der Waals surface area contributed by atoms with Crippen LogP contribution < -0.4 is 0 Å². The van der Waals surface area contributed by atoms with E-state index >= 15 is 0 Å². The van der Waals surface area contributed by atoms with Crippen LogP contribution in [-0.2, 0) is 6.42 Å². The van der Waals surface area contributed by atoms with Gasteiger partial charge in [-0.25, -0.2) is 0 Å². The summed E-state index contributed by atoms with van der Waals surface area (Å²) in [4.78, 5) is 2.09. The smallest absolute Gasteiger partial charge is 0.0776 e. The highest BCUT2D eigenvalue weighted by Crippen LogP contribution is 2.23. The Balaban J connectivity index is 2.76. The van der Waals surface area contributed by atoms with Crippen LogP contribution in [0.1, 0.15) is 45.9 Å². The van der Waals surface area contributed by atoms with Crippen molar-refractivity contribution in [1.29, 1.82) is 0 Å². The number of aromatic nitrogens is 2. The summed E-state index contributed by atoms with van der Waals surface area (Å²) in [5.74, 6) is 0. The van der Waals surface area contributed by atoms with Gasteiger partial charge in [0.1, 0.15) is 0 Å². The Hall–Kier alpha value is -0.870. The van der Waals surface area contributed by atoms with Gasteiger partial charge in [0.25, 0.3) is 0 Å². The monoisotopic (exact) mass is 253 g/mol. The minimum atomic E-state index is -0.409. The molecule has 0 radical (unpaired) electrons. The lowest BCUT2D eigenvalue weighted by atomic mass is 9.87. The normalized spacial score (nSPS) is 17.2. The Morgan fingerprint density at radius 3 is 2.44 bits per heavy atom. The molecule has 2 atom stereocenters. The average molecular weight is 253 g/mol. The van der Waals surface area contributed by atoms with Crippen LogP contribution in [0.3, 0.4) is 0 Å². The van der Waals surface area contributed by atoms with E-state index in [9.17, 15) is 5.11 Å². The summed E-state index contributed by atoms with van der Waals surface area (Å²) in [6.45, 7) is 8.40. The Morgan fingerprint density at radius 2 is 2.06 bits per heavy atom. The van der Waals surface area contributed by atoms with E-state index in [0.717, 1.165) is 12.1 Å². The van der Waals surface area contributed by atoms with Crippen molar-refractivity contribution in [2.24, 2.45) is 0 Å². The highest BCUT2D eigenvalue weighted by molar-refractivity contribution is 5.04.